The van der Waals surface area contributed by atoms with Crippen molar-refractivity contribution in [1.29, 1.82) is 0 Å². The van der Waals surface area contributed by atoms with E-state index in [1.54, 1.807) is 18.2 Å². The molecule has 0 aliphatic carbocycles. The topological polar surface area (TPSA) is 110 Å². The van der Waals surface area contributed by atoms with E-state index >= 15 is 0 Å². The molecule has 0 aliphatic heterocycles. The van der Waals surface area contributed by atoms with Crippen molar-refractivity contribution < 1.29 is 34.1 Å². The number of carbonyl (C=O) groups excluding carboxylic acids is 3. The third-order valence-electron chi connectivity index (χ3n) is 8.37. The van der Waals surface area contributed by atoms with Crippen LogP contribution in [-0.4, -0.2) is 27.9 Å². The van der Waals surface area contributed by atoms with Crippen molar-refractivity contribution in [2.45, 2.75) is 155 Å². The standard InChI is InChI=1S/C39H58O7/c1-3-5-7-9-11-13-15-17-19-21-38(43)45-33-26-23-31(24-28-35(41)34-27-25-32(40)29-36(34)42)37(30-33)46-39(44)22-20-18-16-14-12-10-8-6-4-2/h23,25-27,29-30,40,42H,3-22,24,28H2,1-2H3. The smallest absolute Gasteiger partial charge is 0.311 e. The lowest BCUT2D eigenvalue weighted by molar-refractivity contribution is -0.135. The number of aryl methyl sites for hydroxylation is 1. The van der Waals surface area contributed by atoms with E-state index < -0.39 is 0 Å². The number of esters is 2. The zero-order chi connectivity index (χ0) is 33.4. The van der Waals surface area contributed by atoms with E-state index in [2.05, 4.69) is 13.8 Å². The Labute approximate surface area is 277 Å². The number of ketones is 1. The Morgan fingerprint density at radius 1 is 0.565 bits per heavy atom. The van der Waals surface area contributed by atoms with Crippen molar-refractivity contribution in [1.82, 2.24) is 0 Å². The molecular formula is C39H58O7. The summed E-state index contributed by atoms with van der Waals surface area (Å²) in [4.78, 5) is 38.1. The predicted octanol–water partition coefficient (Wildman–Crippen LogP) is 10.6. The summed E-state index contributed by atoms with van der Waals surface area (Å²) in [6.07, 6.45) is 21.7. The van der Waals surface area contributed by atoms with Crippen LogP contribution in [0.2, 0.25) is 0 Å². The summed E-state index contributed by atoms with van der Waals surface area (Å²) in [7, 11) is 0. The third-order valence-corrected chi connectivity index (χ3v) is 8.37. The molecule has 0 heterocycles. The molecule has 0 radical (unpaired) electrons. The summed E-state index contributed by atoms with van der Waals surface area (Å²) >= 11 is 0. The van der Waals surface area contributed by atoms with Gasteiger partial charge in [0.05, 0.1) is 5.56 Å². The quantitative estimate of drug-likeness (QED) is 0.0456. The minimum absolute atomic E-state index is 0.0544. The van der Waals surface area contributed by atoms with Crippen LogP contribution in [0.3, 0.4) is 0 Å². The lowest BCUT2D eigenvalue weighted by atomic mass is 10.0. The maximum atomic E-state index is 12.8. The lowest BCUT2D eigenvalue weighted by Crippen LogP contribution is -2.11. The van der Waals surface area contributed by atoms with Crippen molar-refractivity contribution in [2.24, 2.45) is 0 Å². The van der Waals surface area contributed by atoms with Gasteiger partial charge < -0.3 is 19.7 Å². The van der Waals surface area contributed by atoms with Gasteiger partial charge in [-0.05, 0) is 43.0 Å². The fourth-order valence-electron chi connectivity index (χ4n) is 5.55. The van der Waals surface area contributed by atoms with Crippen LogP contribution in [0.4, 0.5) is 0 Å². The number of Topliss-reactive ketones (excluding diaryl/α,β-unsaturated/α-hetero) is 1. The van der Waals surface area contributed by atoms with E-state index in [0.717, 1.165) is 44.6 Å². The first kappa shape index (κ1) is 38.8. The van der Waals surface area contributed by atoms with Crippen molar-refractivity contribution in [3.63, 3.8) is 0 Å². The minimum Gasteiger partial charge on any atom is -0.508 e. The van der Waals surface area contributed by atoms with Crippen LogP contribution < -0.4 is 9.47 Å². The van der Waals surface area contributed by atoms with Crippen LogP contribution in [0, 0.1) is 0 Å². The number of aromatic hydroxyl groups is 2. The molecule has 0 saturated carbocycles. The van der Waals surface area contributed by atoms with Gasteiger partial charge in [-0.1, -0.05) is 123 Å². The van der Waals surface area contributed by atoms with Crippen molar-refractivity contribution in [3.05, 3.63) is 47.5 Å². The van der Waals surface area contributed by atoms with Crippen molar-refractivity contribution >= 4 is 17.7 Å². The van der Waals surface area contributed by atoms with Gasteiger partial charge in [0.25, 0.3) is 0 Å². The van der Waals surface area contributed by atoms with Gasteiger partial charge in [-0.3, -0.25) is 14.4 Å². The van der Waals surface area contributed by atoms with E-state index in [1.165, 1.54) is 89.2 Å². The van der Waals surface area contributed by atoms with Crippen molar-refractivity contribution in [3.8, 4) is 23.0 Å². The Hall–Kier alpha value is -3.35. The molecule has 0 saturated heterocycles. The van der Waals surface area contributed by atoms with E-state index in [4.69, 9.17) is 9.47 Å². The molecule has 0 unspecified atom stereocenters. The second-order valence-corrected chi connectivity index (χ2v) is 12.5. The largest absolute Gasteiger partial charge is 0.508 e. The fraction of sp³-hybridized carbons (Fsp3) is 0.615. The number of hydrogen-bond acceptors (Lipinski definition) is 7. The molecule has 7 nitrogen and oxygen atoms in total. The van der Waals surface area contributed by atoms with Crippen LogP contribution in [-0.2, 0) is 16.0 Å². The fourth-order valence-corrected chi connectivity index (χ4v) is 5.55. The number of benzene rings is 2. The molecule has 0 fully saturated rings. The van der Waals surface area contributed by atoms with E-state index in [9.17, 15) is 24.6 Å². The van der Waals surface area contributed by atoms with Gasteiger partial charge in [0.15, 0.2) is 5.78 Å². The maximum Gasteiger partial charge on any atom is 0.311 e. The van der Waals surface area contributed by atoms with E-state index in [-0.39, 0.29) is 59.8 Å². The molecule has 2 aromatic carbocycles. The molecule has 0 aliphatic rings. The summed E-state index contributed by atoms with van der Waals surface area (Å²) < 4.78 is 11.3. The number of phenolic OH excluding ortho intramolecular Hbond substituents is 2. The second kappa shape index (κ2) is 23.9. The lowest BCUT2D eigenvalue weighted by Gasteiger charge is -2.13. The first-order valence-electron chi connectivity index (χ1n) is 17.9. The molecule has 0 bridgehead atoms. The van der Waals surface area contributed by atoms with Crippen LogP contribution in [0.15, 0.2) is 36.4 Å². The summed E-state index contributed by atoms with van der Waals surface area (Å²) in [5.74, 6) is -0.813. The first-order chi connectivity index (χ1) is 22.3. The highest BCUT2D eigenvalue weighted by Gasteiger charge is 2.17. The first-order valence-corrected chi connectivity index (χ1v) is 17.9. The Kier molecular flexibility index (Phi) is 20.2. The molecule has 256 valence electrons. The number of carbonyl (C=O) groups is 3. The average Bonchev–Trinajstić information content (AvgIpc) is 3.02. The Morgan fingerprint density at radius 3 is 1.59 bits per heavy atom. The number of phenols is 2. The van der Waals surface area contributed by atoms with Gasteiger partial charge in [0.1, 0.15) is 23.0 Å². The number of rotatable bonds is 26. The Bertz CT molecular complexity index is 1170. The maximum absolute atomic E-state index is 12.8. The van der Waals surface area contributed by atoms with E-state index in [0.29, 0.717) is 17.7 Å². The SMILES string of the molecule is CCCCCCCCCCCC(=O)Oc1ccc(CCC(=O)c2ccc(O)cc2O)c(OC(=O)CCCCCCCCCCC)c1. The Morgan fingerprint density at radius 2 is 1.07 bits per heavy atom. The molecule has 0 atom stereocenters. The molecular weight excluding hydrogens is 580 g/mol. The van der Waals surface area contributed by atoms with Gasteiger partial charge in [-0.2, -0.15) is 0 Å². The summed E-state index contributed by atoms with van der Waals surface area (Å²) in [5.41, 5.74) is 0.745. The minimum atomic E-state index is -0.357. The van der Waals surface area contributed by atoms with Gasteiger partial charge in [-0.25, -0.2) is 0 Å². The van der Waals surface area contributed by atoms with Crippen molar-refractivity contribution in [2.75, 3.05) is 0 Å². The molecule has 2 N–H and O–H groups in total. The molecule has 7 heteroatoms. The van der Waals surface area contributed by atoms with Crippen LogP contribution in [0.25, 0.3) is 0 Å². The van der Waals surface area contributed by atoms with Gasteiger partial charge in [0.2, 0.25) is 0 Å². The molecule has 2 rings (SSSR count). The molecule has 2 aromatic rings. The third kappa shape index (κ3) is 16.8. The van der Waals surface area contributed by atoms with E-state index in [1.807, 2.05) is 0 Å². The molecule has 0 spiro atoms. The second-order valence-electron chi connectivity index (χ2n) is 12.5. The molecule has 0 amide bonds. The number of ether oxygens (including phenoxy) is 2. The van der Waals surface area contributed by atoms with Crippen LogP contribution >= 0.6 is 0 Å². The molecule has 46 heavy (non-hydrogen) atoms. The average molecular weight is 639 g/mol. The highest BCUT2D eigenvalue weighted by Crippen LogP contribution is 2.29. The van der Waals surface area contributed by atoms with Gasteiger partial charge >= 0.3 is 11.9 Å². The van der Waals surface area contributed by atoms with Gasteiger partial charge in [0, 0.05) is 31.4 Å². The summed E-state index contributed by atoms with van der Waals surface area (Å²) in [5, 5.41) is 19.6. The zero-order valence-electron chi connectivity index (χ0n) is 28.5. The Balaban J connectivity index is 1.91. The number of hydrogen-bond donors (Lipinski definition) is 2. The highest BCUT2D eigenvalue weighted by molar-refractivity contribution is 5.98. The summed E-state index contributed by atoms with van der Waals surface area (Å²) in [6, 6.07) is 8.79. The normalized spacial score (nSPS) is 11.0. The van der Waals surface area contributed by atoms with Crippen LogP contribution in [0.5, 0.6) is 23.0 Å². The molecule has 0 aromatic heterocycles. The highest BCUT2D eigenvalue weighted by atomic mass is 16.5. The monoisotopic (exact) mass is 638 g/mol. The number of unbranched alkanes of at least 4 members (excludes halogenated alkanes) is 16. The zero-order valence-corrected chi connectivity index (χ0v) is 28.5. The van der Waals surface area contributed by atoms with Crippen LogP contribution in [0.1, 0.15) is 165 Å². The summed E-state index contributed by atoms with van der Waals surface area (Å²) in [6.45, 7) is 4.43. The van der Waals surface area contributed by atoms with Gasteiger partial charge in [-0.15, -0.1) is 0 Å². The predicted molar refractivity (Wildman–Crippen MR) is 184 cm³/mol.